The SMILES string of the molecule is CCCC[C@H](N)C(=O)Nc1c(C)cccc1F. The number of hydrogen-bond acceptors (Lipinski definition) is 2. The first-order chi connectivity index (χ1) is 8.06. The summed E-state index contributed by atoms with van der Waals surface area (Å²) in [5.74, 6) is -0.757. The van der Waals surface area contributed by atoms with Crippen LogP contribution >= 0.6 is 0 Å². The molecule has 0 heterocycles. The van der Waals surface area contributed by atoms with Gasteiger partial charge in [0.1, 0.15) is 5.82 Å². The maximum Gasteiger partial charge on any atom is 0.241 e. The first-order valence-corrected chi connectivity index (χ1v) is 5.87. The molecule has 0 aromatic heterocycles. The van der Waals surface area contributed by atoms with Gasteiger partial charge in [-0.05, 0) is 25.0 Å². The average Bonchev–Trinajstić information content (AvgIpc) is 2.30. The van der Waals surface area contributed by atoms with Crippen molar-refractivity contribution in [2.24, 2.45) is 5.73 Å². The zero-order valence-corrected chi connectivity index (χ0v) is 10.3. The first-order valence-electron chi connectivity index (χ1n) is 5.87. The minimum absolute atomic E-state index is 0.226. The fourth-order valence-electron chi connectivity index (χ4n) is 1.56. The molecule has 0 fully saturated rings. The van der Waals surface area contributed by atoms with Gasteiger partial charge in [-0.1, -0.05) is 31.9 Å². The Morgan fingerprint density at radius 2 is 2.24 bits per heavy atom. The van der Waals surface area contributed by atoms with Gasteiger partial charge in [0.25, 0.3) is 0 Å². The van der Waals surface area contributed by atoms with Gasteiger partial charge >= 0.3 is 0 Å². The number of rotatable bonds is 5. The summed E-state index contributed by atoms with van der Waals surface area (Å²) in [6.07, 6.45) is 2.50. The van der Waals surface area contributed by atoms with Crippen LogP contribution in [0.25, 0.3) is 0 Å². The Bertz CT molecular complexity index is 373. The lowest BCUT2D eigenvalue weighted by Crippen LogP contribution is -2.35. The van der Waals surface area contributed by atoms with E-state index in [1.807, 2.05) is 6.92 Å². The van der Waals surface area contributed by atoms with Crippen molar-refractivity contribution in [2.45, 2.75) is 39.2 Å². The third-order valence-corrected chi connectivity index (χ3v) is 2.68. The molecule has 94 valence electrons. The number of benzene rings is 1. The predicted octanol–water partition coefficient (Wildman–Crippen LogP) is 2.59. The number of carbonyl (C=O) groups is 1. The van der Waals surface area contributed by atoms with Crippen molar-refractivity contribution >= 4 is 11.6 Å². The number of para-hydroxylation sites is 1. The summed E-state index contributed by atoms with van der Waals surface area (Å²) in [6, 6.07) is 4.10. The zero-order chi connectivity index (χ0) is 12.8. The third kappa shape index (κ3) is 3.82. The van der Waals surface area contributed by atoms with Gasteiger partial charge in [0.15, 0.2) is 0 Å². The van der Waals surface area contributed by atoms with E-state index >= 15 is 0 Å². The molecule has 4 heteroatoms. The first kappa shape index (κ1) is 13.6. The van der Waals surface area contributed by atoms with Gasteiger partial charge in [-0.2, -0.15) is 0 Å². The Morgan fingerprint density at radius 1 is 1.53 bits per heavy atom. The molecule has 1 rings (SSSR count). The summed E-state index contributed by atoms with van der Waals surface area (Å²) >= 11 is 0. The number of nitrogens with two attached hydrogens (primary N) is 1. The lowest BCUT2D eigenvalue weighted by atomic mass is 10.1. The Morgan fingerprint density at radius 3 is 2.82 bits per heavy atom. The van der Waals surface area contributed by atoms with Crippen LogP contribution in [0, 0.1) is 12.7 Å². The van der Waals surface area contributed by atoms with Gasteiger partial charge in [-0.15, -0.1) is 0 Å². The Hall–Kier alpha value is -1.42. The van der Waals surface area contributed by atoms with Crippen LogP contribution < -0.4 is 11.1 Å². The Balaban J connectivity index is 2.68. The van der Waals surface area contributed by atoms with Gasteiger partial charge in [0.2, 0.25) is 5.91 Å². The minimum Gasteiger partial charge on any atom is -0.322 e. The van der Waals surface area contributed by atoms with E-state index in [9.17, 15) is 9.18 Å². The van der Waals surface area contributed by atoms with E-state index in [4.69, 9.17) is 5.73 Å². The lowest BCUT2D eigenvalue weighted by molar-refractivity contribution is -0.117. The van der Waals surface area contributed by atoms with Crippen LogP contribution in [0.3, 0.4) is 0 Å². The van der Waals surface area contributed by atoms with Gasteiger partial charge in [0, 0.05) is 0 Å². The van der Waals surface area contributed by atoms with Crippen molar-refractivity contribution in [3.63, 3.8) is 0 Å². The molecule has 0 unspecified atom stereocenters. The number of aryl methyl sites for hydroxylation is 1. The second-order valence-electron chi connectivity index (χ2n) is 4.17. The van der Waals surface area contributed by atoms with E-state index in [-0.39, 0.29) is 11.6 Å². The molecule has 3 nitrogen and oxygen atoms in total. The highest BCUT2D eigenvalue weighted by Crippen LogP contribution is 2.18. The molecule has 0 radical (unpaired) electrons. The molecule has 0 aliphatic carbocycles. The molecule has 1 atom stereocenters. The van der Waals surface area contributed by atoms with Crippen LogP contribution in [0.1, 0.15) is 31.7 Å². The molecule has 0 saturated heterocycles. The maximum absolute atomic E-state index is 13.5. The lowest BCUT2D eigenvalue weighted by Gasteiger charge is -2.13. The highest BCUT2D eigenvalue weighted by molar-refractivity contribution is 5.95. The van der Waals surface area contributed by atoms with E-state index in [1.165, 1.54) is 6.07 Å². The third-order valence-electron chi connectivity index (χ3n) is 2.68. The molecule has 1 aromatic carbocycles. The van der Waals surface area contributed by atoms with Crippen molar-refractivity contribution in [3.05, 3.63) is 29.6 Å². The molecule has 17 heavy (non-hydrogen) atoms. The summed E-state index contributed by atoms with van der Waals surface area (Å²) in [6.45, 7) is 3.78. The van der Waals surface area contributed by atoms with Crippen LogP contribution in [0.5, 0.6) is 0 Å². The number of anilines is 1. The fraction of sp³-hybridized carbons (Fsp3) is 0.462. The number of unbranched alkanes of at least 4 members (excludes halogenated alkanes) is 1. The van der Waals surface area contributed by atoms with Gasteiger partial charge in [-0.3, -0.25) is 4.79 Å². The van der Waals surface area contributed by atoms with E-state index < -0.39 is 11.9 Å². The van der Waals surface area contributed by atoms with Crippen LogP contribution in [0.4, 0.5) is 10.1 Å². The normalized spacial score (nSPS) is 12.2. The smallest absolute Gasteiger partial charge is 0.241 e. The molecule has 0 aliphatic heterocycles. The van der Waals surface area contributed by atoms with Crippen molar-refractivity contribution < 1.29 is 9.18 Å². The van der Waals surface area contributed by atoms with E-state index in [1.54, 1.807) is 19.1 Å². The second kappa shape index (κ2) is 6.35. The quantitative estimate of drug-likeness (QED) is 0.828. The van der Waals surface area contributed by atoms with Gasteiger partial charge in [0.05, 0.1) is 11.7 Å². The molecular formula is C13H19FN2O. The highest BCUT2D eigenvalue weighted by atomic mass is 19.1. The summed E-state index contributed by atoms with van der Waals surface area (Å²) in [4.78, 5) is 11.7. The minimum atomic E-state index is -0.575. The number of hydrogen-bond donors (Lipinski definition) is 2. The monoisotopic (exact) mass is 238 g/mol. The molecule has 0 aliphatic rings. The molecule has 3 N–H and O–H groups in total. The molecule has 0 spiro atoms. The average molecular weight is 238 g/mol. The van der Waals surface area contributed by atoms with E-state index in [0.717, 1.165) is 12.8 Å². The summed E-state index contributed by atoms with van der Waals surface area (Å²) in [5.41, 5.74) is 6.64. The van der Waals surface area contributed by atoms with Gasteiger partial charge < -0.3 is 11.1 Å². The fourth-order valence-corrected chi connectivity index (χ4v) is 1.56. The zero-order valence-electron chi connectivity index (χ0n) is 10.3. The topological polar surface area (TPSA) is 55.1 Å². The molecule has 1 aromatic rings. The standard InChI is InChI=1S/C13H19FN2O/c1-3-4-8-11(15)13(17)16-12-9(2)6-5-7-10(12)14/h5-7,11H,3-4,8,15H2,1-2H3,(H,16,17)/t11-/m0/s1. The summed E-state index contributed by atoms with van der Waals surface area (Å²) < 4.78 is 13.5. The number of nitrogens with one attached hydrogen (secondary N) is 1. The number of amides is 1. The highest BCUT2D eigenvalue weighted by Gasteiger charge is 2.15. The molecule has 1 amide bonds. The Labute approximate surface area is 101 Å². The summed E-state index contributed by atoms with van der Waals surface area (Å²) in [7, 11) is 0. The van der Waals surface area contributed by atoms with Crippen LogP contribution in [-0.4, -0.2) is 11.9 Å². The number of carbonyl (C=O) groups excluding carboxylic acids is 1. The van der Waals surface area contributed by atoms with E-state index in [0.29, 0.717) is 12.0 Å². The molecule has 0 saturated carbocycles. The van der Waals surface area contributed by atoms with Crippen molar-refractivity contribution in [2.75, 3.05) is 5.32 Å². The van der Waals surface area contributed by atoms with Crippen LogP contribution in [-0.2, 0) is 4.79 Å². The van der Waals surface area contributed by atoms with Gasteiger partial charge in [-0.25, -0.2) is 4.39 Å². The van der Waals surface area contributed by atoms with Crippen molar-refractivity contribution in [1.29, 1.82) is 0 Å². The molecule has 0 bridgehead atoms. The largest absolute Gasteiger partial charge is 0.322 e. The Kier molecular flexibility index (Phi) is 5.10. The number of halogens is 1. The van der Waals surface area contributed by atoms with E-state index in [2.05, 4.69) is 5.32 Å². The molecular weight excluding hydrogens is 219 g/mol. The van der Waals surface area contributed by atoms with Crippen molar-refractivity contribution in [1.82, 2.24) is 0 Å². The van der Waals surface area contributed by atoms with Crippen LogP contribution in [0.2, 0.25) is 0 Å². The van der Waals surface area contributed by atoms with Crippen molar-refractivity contribution in [3.8, 4) is 0 Å². The maximum atomic E-state index is 13.5. The van der Waals surface area contributed by atoms with Crippen LogP contribution in [0.15, 0.2) is 18.2 Å². The second-order valence-corrected chi connectivity index (χ2v) is 4.17. The predicted molar refractivity (Wildman–Crippen MR) is 67.3 cm³/mol. The summed E-state index contributed by atoms with van der Waals surface area (Å²) in [5, 5.41) is 2.55.